The number of carbonyl (C=O) groups excluding carboxylic acids is 1. The van der Waals surface area contributed by atoms with Crippen LogP contribution in [0.2, 0.25) is 0 Å². The van der Waals surface area contributed by atoms with Crippen molar-refractivity contribution in [2.75, 3.05) is 17.7 Å². The highest BCUT2D eigenvalue weighted by molar-refractivity contribution is 5.96. The Balaban J connectivity index is 1.42. The Hall–Kier alpha value is -2.79. The van der Waals surface area contributed by atoms with E-state index in [0.29, 0.717) is 36.3 Å². The van der Waals surface area contributed by atoms with E-state index in [-0.39, 0.29) is 24.3 Å². The topological polar surface area (TPSA) is 103 Å². The summed E-state index contributed by atoms with van der Waals surface area (Å²) >= 11 is 0. The number of rotatable bonds is 6. The molecule has 11 heteroatoms. The number of amides is 1. The third kappa shape index (κ3) is 4.26. The van der Waals surface area contributed by atoms with Gasteiger partial charge >= 0.3 is 6.43 Å². The first-order valence-electron chi connectivity index (χ1n) is 11.4. The van der Waals surface area contributed by atoms with Crippen molar-refractivity contribution in [2.45, 2.75) is 75.8 Å². The molecular formula is C22H29F2N7O2. The van der Waals surface area contributed by atoms with Gasteiger partial charge in [-0.3, -0.25) is 15.2 Å². The molecule has 0 aromatic carbocycles. The molecule has 5 heterocycles. The molecule has 178 valence electrons. The van der Waals surface area contributed by atoms with Crippen LogP contribution in [-0.4, -0.2) is 64.6 Å². The van der Waals surface area contributed by atoms with Gasteiger partial charge in [0.1, 0.15) is 17.4 Å². The summed E-state index contributed by atoms with van der Waals surface area (Å²) in [5.74, 6) is 0.919. The SMILES string of the molecule is COc1ccnc2cc(NC3CC(C)NN3)nc(NC3C[C@H]4CC[C@@H](C3)N4C(=O)C(F)F)c12. The van der Waals surface area contributed by atoms with Crippen LogP contribution in [-0.2, 0) is 4.79 Å². The maximum absolute atomic E-state index is 13.1. The minimum Gasteiger partial charge on any atom is -0.496 e. The second kappa shape index (κ2) is 8.86. The second-order valence-corrected chi connectivity index (χ2v) is 9.13. The van der Waals surface area contributed by atoms with E-state index in [1.54, 1.807) is 19.4 Å². The Morgan fingerprint density at radius 1 is 1.21 bits per heavy atom. The van der Waals surface area contributed by atoms with E-state index in [2.05, 4.69) is 33.4 Å². The molecule has 5 atom stereocenters. The standard InChI is InChI=1S/C22H29F2N7O2/c1-11-7-18(30-29-11)27-17-10-15-19(16(33-2)5-6-25-15)21(28-17)26-12-8-13-3-4-14(9-12)31(13)22(32)20(23)24/h5-6,10-14,18,20,29-30H,3-4,7-9H2,1-2H3,(H2,26,27,28)/t11?,12?,13-,14+,18?. The van der Waals surface area contributed by atoms with Crippen LogP contribution in [0.5, 0.6) is 5.75 Å². The van der Waals surface area contributed by atoms with Crippen molar-refractivity contribution in [3.8, 4) is 5.75 Å². The van der Waals surface area contributed by atoms with Crippen LogP contribution in [0.3, 0.4) is 0 Å². The molecule has 0 aliphatic carbocycles. The van der Waals surface area contributed by atoms with Gasteiger partial charge in [0.05, 0.1) is 24.2 Å². The Kier molecular flexibility index (Phi) is 5.92. The number of hydrazine groups is 1. The lowest BCUT2D eigenvalue weighted by Gasteiger charge is -2.39. The number of hydrogen-bond acceptors (Lipinski definition) is 8. The van der Waals surface area contributed by atoms with Gasteiger partial charge in [0.2, 0.25) is 0 Å². The fourth-order valence-corrected chi connectivity index (χ4v) is 5.44. The number of nitrogens with zero attached hydrogens (tertiary/aromatic N) is 3. The second-order valence-electron chi connectivity index (χ2n) is 9.13. The van der Waals surface area contributed by atoms with Gasteiger partial charge in [0.25, 0.3) is 5.91 Å². The number of carbonyl (C=O) groups is 1. The Morgan fingerprint density at radius 3 is 2.61 bits per heavy atom. The third-order valence-electron chi connectivity index (χ3n) is 6.83. The summed E-state index contributed by atoms with van der Waals surface area (Å²) < 4.78 is 31.7. The number of methoxy groups -OCH3 is 1. The van der Waals surface area contributed by atoms with Crippen molar-refractivity contribution in [2.24, 2.45) is 0 Å². The van der Waals surface area contributed by atoms with Crippen LogP contribution in [0.25, 0.3) is 10.9 Å². The van der Waals surface area contributed by atoms with Crippen LogP contribution >= 0.6 is 0 Å². The van der Waals surface area contributed by atoms with E-state index in [4.69, 9.17) is 9.72 Å². The van der Waals surface area contributed by atoms with Crippen LogP contribution < -0.4 is 26.2 Å². The third-order valence-corrected chi connectivity index (χ3v) is 6.83. The maximum atomic E-state index is 13.1. The summed E-state index contributed by atoms with van der Waals surface area (Å²) in [4.78, 5) is 22.8. The van der Waals surface area contributed by atoms with Gasteiger partial charge in [-0.2, -0.15) is 8.78 Å². The molecule has 9 nitrogen and oxygen atoms in total. The zero-order valence-electron chi connectivity index (χ0n) is 18.6. The molecule has 3 fully saturated rings. The summed E-state index contributed by atoms with van der Waals surface area (Å²) in [6.07, 6.45) is 2.37. The van der Waals surface area contributed by atoms with Crippen LogP contribution in [0.1, 0.15) is 39.0 Å². The molecule has 0 radical (unpaired) electrons. The maximum Gasteiger partial charge on any atom is 0.315 e. The van der Waals surface area contributed by atoms with E-state index in [0.717, 1.165) is 30.2 Å². The molecule has 4 N–H and O–H groups in total. The first kappa shape index (κ1) is 22.0. The number of anilines is 2. The van der Waals surface area contributed by atoms with E-state index >= 15 is 0 Å². The summed E-state index contributed by atoms with van der Waals surface area (Å²) in [5, 5.41) is 7.70. The minimum atomic E-state index is -2.96. The van der Waals surface area contributed by atoms with Gasteiger partial charge in [0, 0.05) is 36.4 Å². The molecule has 1 amide bonds. The van der Waals surface area contributed by atoms with E-state index < -0.39 is 12.3 Å². The Labute approximate surface area is 190 Å². The molecule has 0 spiro atoms. The number of fused-ring (bicyclic) bond motifs is 3. The predicted molar refractivity (Wildman–Crippen MR) is 120 cm³/mol. The highest BCUT2D eigenvalue weighted by atomic mass is 19.3. The quantitative estimate of drug-likeness (QED) is 0.520. The molecule has 3 unspecified atom stereocenters. The monoisotopic (exact) mass is 461 g/mol. The van der Waals surface area contributed by atoms with Crippen molar-refractivity contribution in [1.29, 1.82) is 0 Å². The lowest BCUT2D eigenvalue weighted by atomic mass is 9.97. The van der Waals surface area contributed by atoms with Gasteiger partial charge in [-0.15, -0.1) is 0 Å². The Morgan fingerprint density at radius 2 is 1.97 bits per heavy atom. The van der Waals surface area contributed by atoms with E-state index in [1.807, 2.05) is 6.07 Å². The zero-order chi connectivity index (χ0) is 23.1. The van der Waals surface area contributed by atoms with E-state index in [1.165, 1.54) is 4.90 Å². The van der Waals surface area contributed by atoms with Crippen molar-refractivity contribution >= 4 is 28.4 Å². The average molecular weight is 462 g/mol. The fraction of sp³-hybridized carbons (Fsp3) is 0.591. The number of pyridine rings is 2. The van der Waals surface area contributed by atoms with E-state index in [9.17, 15) is 13.6 Å². The number of halogens is 2. The first-order valence-corrected chi connectivity index (χ1v) is 11.4. The lowest BCUT2D eigenvalue weighted by Crippen LogP contribution is -2.51. The molecule has 2 aromatic rings. The molecule has 3 saturated heterocycles. The molecule has 2 aromatic heterocycles. The molecule has 3 aliphatic heterocycles. The number of hydrogen-bond donors (Lipinski definition) is 4. The molecule has 5 rings (SSSR count). The Bertz CT molecular complexity index is 1030. The highest BCUT2D eigenvalue weighted by Crippen LogP contribution is 2.39. The highest BCUT2D eigenvalue weighted by Gasteiger charge is 2.45. The largest absolute Gasteiger partial charge is 0.496 e. The number of piperidine rings is 1. The molecule has 3 aliphatic rings. The van der Waals surface area contributed by atoms with Crippen LogP contribution in [0, 0.1) is 0 Å². The minimum absolute atomic E-state index is 0.00591. The number of ether oxygens (including phenoxy) is 1. The van der Waals surface area contributed by atoms with Gasteiger partial charge in [-0.05, 0) is 45.1 Å². The molecule has 0 saturated carbocycles. The number of aromatic nitrogens is 2. The van der Waals surface area contributed by atoms with Crippen molar-refractivity contribution in [1.82, 2.24) is 25.7 Å². The normalized spacial score (nSPS) is 29.0. The zero-order valence-corrected chi connectivity index (χ0v) is 18.6. The summed E-state index contributed by atoms with van der Waals surface area (Å²) in [6.45, 7) is 2.10. The smallest absolute Gasteiger partial charge is 0.315 e. The summed E-state index contributed by atoms with van der Waals surface area (Å²) in [7, 11) is 1.61. The number of alkyl halides is 2. The summed E-state index contributed by atoms with van der Waals surface area (Å²) in [5.41, 5.74) is 7.13. The van der Waals surface area contributed by atoms with Gasteiger partial charge in [0.15, 0.2) is 0 Å². The van der Waals surface area contributed by atoms with Crippen LogP contribution in [0.4, 0.5) is 20.4 Å². The first-order chi connectivity index (χ1) is 15.9. The number of nitrogens with one attached hydrogen (secondary N) is 4. The van der Waals surface area contributed by atoms with Crippen molar-refractivity contribution in [3.63, 3.8) is 0 Å². The van der Waals surface area contributed by atoms with Gasteiger partial charge < -0.3 is 20.3 Å². The van der Waals surface area contributed by atoms with Crippen molar-refractivity contribution < 1.29 is 18.3 Å². The molecule has 33 heavy (non-hydrogen) atoms. The van der Waals surface area contributed by atoms with Crippen molar-refractivity contribution in [3.05, 3.63) is 18.3 Å². The van der Waals surface area contributed by atoms with Gasteiger partial charge in [-0.1, -0.05) is 0 Å². The molecular weight excluding hydrogens is 432 g/mol. The summed E-state index contributed by atoms with van der Waals surface area (Å²) in [6, 6.07) is 3.68. The fourth-order valence-electron chi connectivity index (χ4n) is 5.44. The van der Waals surface area contributed by atoms with Gasteiger partial charge in [-0.25, -0.2) is 10.4 Å². The predicted octanol–water partition coefficient (Wildman–Crippen LogP) is 2.46. The van der Waals surface area contributed by atoms with Crippen LogP contribution in [0.15, 0.2) is 18.3 Å². The molecule has 2 bridgehead atoms. The lowest BCUT2D eigenvalue weighted by molar-refractivity contribution is -0.147. The average Bonchev–Trinajstić information content (AvgIpc) is 3.31.